The maximum atomic E-state index is 13.2. The number of rotatable bonds is 2. The molecule has 5 fully saturated rings. The minimum atomic E-state index is -0.493. The Morgan fingerprint density at radius 1 is 0.868 bits per heavy atom. The van der Waals surface area contributed by atoms with Crippen LogP contribution in [0.3, 0.4) is 0 Å². The minimum absolute atomic E-state index is 0.0123. The summed E-state index contributed by atoms with van der Waals surface area (Å²) >= 11 is 0. The van der Waals surface area contributed by atoms with Crippen LogP contribution in [0.25, 0.3) is 0 Å². The third-order valence-electron chi connectivity index (χ3n) is 13.8. The highest BCUT2D eigenvalue weighted by Crippen LogP contribution is 2.76. The maximum Gasteiger partial charge on any atom is 0.408 e. The van der Waals surface area contributed by atoms with E-state index in [0.29, 0.717) is 29.6 Å². The van der Waals surface area contributed by atoms with Crippen molar-refractivity contribution in [2.75, 3.05) is 0 Å². The predicted molar refractivity (Wildman–Crippen MR) is 155 cm³/mol. The van der Waals surface area contributed by atoms with Gasteiger partial charge in [0.25, 0.3) is 0 Å². The number of fused-ring (bicyclic) bond motifs is 7. The van der Waals surface area contributed by atoms with E-state index in [1.807, 2.05) is 20.8 Å². The van der Waals surface area contributed by atoms with E-state index < -0.39 is 5.60 Å². The molecule has 216 valence electrons. The van der Waals surface area contributed by atoms with Gasteiger partial charge in [0.2, 0.25) is 0 Å². The fourth-order valence-corrected chi connectivity index (χ4v) is 11.9. The molecule has 0 saturated heterocycles. The van der Waals surface area contributed by atoms with Gasteiger partial charge in [-0.3, -0.25) is 0 Å². The van der Waals surface area contributed by atoms with Crippen LogP contribution in [0.2, 0.25) is 0 Å². The van der Waals surface area contributed by atoms with Gasteiger partial charge in [0.15, 0.2) is 0 Å². The molecule has 2 N–H and O–H groups in total. The average Bonchev–Trinajstić information content (AvgIpc) is 3.15. The van der Waals surface area contributed by atoms with Crippen molar-refractivity contribution in [3.05, 3.63) is 12.2 Å². The Morgan fingerprint density at radius 3 is 2.18 bits per heavy atom. The number of ether oxygens (including phenoxy) is 1. The topological polar surface area (TPSA) is 58.6 Å². The van der Waals surface area contributed by atoms with Crippen molar-refractivity contribution in [3.8, 4) is 0 Å². The number of amides is 1. The summed E-state index contributed by atoms with van der Waals surface area (Å²) in [6.45, 7) is 25.1. The maximum absolute atomic E-state index is 13.2. The zero-order valence-electron chi connectivity index (χ0n) is 26.0. The quantitative estimate of drug-likeness (QED) is 0.355. The van der Waals surface area contributed by atoms with Gasteiger partial charge in [-0.2, -0.15) is 0 Å². The fourth-order valence-electron chi connectivity index (χ4n) is 11.9. The van der Waals surface area contributed by atoms with Crippen LogP contribution < -0.4 is 5.32 Å². The third-order valence-corrected chi connectivity index (χ3v) is 13.8. The number of alkyl carbamates (subject to hydrolysis) is 1. The zero-order valence-corrected chi connectivity index (χ0v) is 26.0. The highest BCUT2D eigenvalue weighted by atomic mass is 16.6. The molecule has 0 bridgehead atoms. The molecule has 0 spiro atoms. The Labute approximate surface area is 233 Å². The van der Waals surface area contributed by atoms with Gasteiger partial charge in [0.05, 0.1) is 6.10 Å². The normalized spacial score (nSPS) is 49.6. The molecule has 0 aromatic heterocycles. The number of aliphatic hydroxyl groups is 1. The van der Waals surface area contributed by atoms with Gasteiger partial charge in [-0.05, 0) is 143 Å². The van der Waals surface area contributed by atoms with Gasteiger partial charge in [-0.1, -0.05) is 46.8 Å². The van der Waals surface area contributed by atoms with Crippen LogP contribution >= 0.6 is 0 Å². The largest absolute Gasteiger partial charge is 0.444 e. The summed E-state index contributed by atoms with van der Waals surface area (Å²) in [6.07, 6.45) is 11.1. The lowest BCUT2D eigenvalue weighted by atomic mass is 9.32. The molecule has 4 heteroatoms. The van der Waals surface area contributed by atoms with Crippen LogP contribution in [0, 0.1) is 51.2 Å². The van der Waals surface area contributed by atoms with E-state index in [1.54, 1.807) is 0 Å². The Bertz CT molecular complexity index is 981. The Balaban J connectivity index is 1.51. The SMILES string of the molecule is C=C(C)[C@@H]1CC[C@]2(NC(=O)OC(C)(C)C)CC[C@]3(C)[C@H](CC[C@@H]4[C@@]5(C)CCC(O)C(C)(C)[C@@H]5CC[C@]43C)[C@@H]12. The van der Waals surface area contributed by atoms with Crippen LogP contribution in [0.5, 0.6) is 0 Å². The number of aliphatic hydroxyl groups excluding tert-OH is 1. The third kappa shape index (κ3) is 3.88. The van der Waals surface area contributed by atoms with Gasteiger partial charge >= 0.3 is 6.09 Å². The van der Waals surface area contributed by atoms with Gasteiger partial charge in [0, 0.05) is 5.54 Å². The van der Waals surface area contributed by atoms with Crippen molar-refractivity contribution in [2.45, 2.75) is 144 Å². The molecule has 5 rings (SSSR count). The van der Waals surface area contributed by atoms with E-state index in [4.69, 9.17) is 4.74 Å². The lowest BCUT2D eigenvalue weighted by Gasteiger charge is -2.73. The molecular formula is C34H57NO3. The molecule has 38 heavy (non-hydrogen) atoms. The monoisotopic (exact) mass is 527 g/mol. The van der Waals surface area contributed by atoms with Crippen molar-refractivity contribution in [1.29, 1.82) is 0 Å². The van der Waals surface area contributed by atoms with E-state index in [9.17, 15) is 9.90 Å². The summed E-state index contributed by atoms with van der Waals surface area (Å²) in [5.74, 6) is 2.75. The van der Waals surface area contributed by atoms with Crippen molar-refractivity contribution in [2.24, 2.45) is 51.2 Å². The molecule has 5 saturated carbocycles. The predicted octanol–water partition coefficient (Wildman–Crippen LogP) is 8.28. The standard InChI is InChI=1S/C34H57NO3/c1-21(2)22-13-18-34(35-28(37)38-29(3,4)5)20-19-32(9)23(27(22)34)11-12-25-31(8)16-15-26(36)30(6,7)24(31)14-17-33(25,32)10/h22-27,36H,1,11-20H2,2-10H3,(H,35,37)/t22-,23+,24-,25+,26?,27+,31-,32+,33+,34-/m0/s1. The number of hydrogen-bond acceptors (Lipinski definition) is 3. The number of hydrogen-bond donors (Lipinski definition) is 2. The summed E-state index contributed by atoms with van der Waals surface area (Å²) < 4.78 is 5.81. The Hall–Kier alpha value is -1.03. The highest BCUT2D eigenvalue weighted by molar-refractivity contribution is 5.69. The first-order chi connectivity index (χ1) is 17.4. The number of carbonyl (C=O) groups excluding carboxylic acids is 1. The first-order valence-corrected chi connectivity index (χ1v) is 15.8. The summed E-state index contributed by atoms with van der Waals surface area (Å²) in [5, 5.41) is 14.5. The molecule has 4 nitrogen and oxygen atoms in total. The van der Waals surface area contributed by atoms with Crippen LogP contribution in [-0.4, -0.2) is 28.4 Å². The van der Waals surface area contributed by atoms with Crippen LogP contribution in [-0.2, 0) is 4.74 Å². The molecule has 5 aliphatic carbocycles. The molecule has 10 atom stereocenters. The molecule has 0 heterocycles. The summed E-state index contributed by atoms with van der Waals surface area (Å²) in [5.41, 5.74) is 1.41. The van der Waals surface area contributed by atoms with Crippen LogP contribution in [0.4, 0.5) is 4.79 Å². The molecule has 0 aromatic carbocycles. The molecule has 1 unspecified atom stereocenters. The molecule has 5 aliphatic rings. The van der Waals surface area contributed by atoms with Crippen molar-refractivity contribution >= 4 is 6.09 Å². The minimum Gasteiger partial charge on any atom is -0.444 e. The van der Waals surface area contributed by atoms with Crippen LogP contribution in [0.15, 0.2) is 12.2 Å². The Morgan fingerprint density at radius 2 is 1.55 bits per heavy atom. The van der Waals surface area contributed by atoms with E-state index in [1.165, 1.54) is 37.7 Å². The first kappa shape index (κ1) is 28.5. The van der Waals surface area contributed by atoms with E-state index >= 15 is 0 Å². The molecule has 0 aliphatic heterocycles. The van der Waals surface area contributed by atoms with Crippen LogP contribution in [0.1, 0.15) is 127 Å². The second-order valence-electron chi connectivity index (χ2n) is 16.8. The van der Waals surface area contributed by atoms with Crippen molar-refractivity contribution in [3.63, 3.8) is 0 Å². The second kappa shape index (κ2) is 8.73. The van der Waals surface area contributed by atoms with Gasteiger partial charge in [0.1, 0.15) is 5.60 Å². The number of carbonyl (C=O) groups is 1. The Kier molecular flexibility index (Phi) is 6.55. The molecule has 0 aromatic rings. The lowest BCUT2D eigenvalue weighted by Crippen LogP contribution is -2.69. The van der Waals surface area contributed by atoms with E-state index in [-0.39, 0.29) is 39.4 Å². The van der Waals surface area contributed by atoms with E-state index in [0.717, 1.165) is 32.1 Å². The summed E-state index contributed by atoms with van der Waals surface area (Å²) in [6, 6.07) is 0. The molecule has 0 radical (unpaired) electrons. The number of allylic oxidation sites excluding steroid dienone is 1. The van der Waals surface area contributed by atoms with Crippen molar-refractivity contribution < 1.29 is 14.6 Å². The first-order valence-electron chi connectivity index (χ1n) is 15.8. The fraction of sp³-hybridized carbons (Fsp3) is 0.912. The highest BCUT2D eigenvalue weighted by Gasteiger charge is 2.71. The van der Waals surface area contributed by atoms with Gasteiger partial charge in [-0.15, -0.1) is 0 Å². The zero-order chi connectivity index (χ0) is 28.1. The summed E-state index contributed by atoms with van der Waals surface area (Å²) in [4.78, 5) is 13.2. The van der Waals surface area contributed by atoms with Gasteiger partial charge in [-0.25, -0.2) is 4.79 Å². The second-order valence-corrected chi connectivity index (χ2v) is 16.8. The van der Waals surface area contributed by atoms with Crippen molar-refractivity contribution in [1.82, 2.24) is 5.32 Å². The molecule has 1 amide bonds. The number of nitrogens with one attached hydrogen (secondary N) is 1. The van der Waals surface area contributed by atoms with E-state index in [2.05, 4.69) is 53.4 Å². The smallest absolute Gasteiger partial charge is 0.408 e. The lowest BCUT2D eigenvalue weighted by molar-refractivity contribution is -0.243. The molecular weight excluding hydrogens is 470 g/mol. The summed E-state index contributed by atoms with van der Waals surface area (Å²) in [7, 11) is 0. The average molecular weight is 528 g/mol. The van der Waals surface area contributed by atoms with Gasteiger partial charge < -0.3 is 15.2 Å².